The average molecular weight is 1100 g/mol. The van der Waals surface area contributed by atoms with Gasteiger partial charge in [-0.3, -0.25) is 47.7 Å². The van der Waals surface area contributed by atoms with Crippen LogP contribution in [0.1, 0.15) is 92.8 Å². The van der Waals surface area contributed by atoms with Crippen LogP contribution >= 0.6 is 11.3 Å². The molecule has 1 aromatic heterocycles. The van der Waals surface area contributed by atoms with Crippen molar-refractivity contribution in [3.05, 3.63) is 113 Å². The highest BCUT2D eigenvalue weighted by molar-refractivity contribution is 7.85. The summed E-state index contributed by atoms with van der Waals surface area (Å²) in [5.74, 6) is -10.0. The van der Waals surface area contributed by atoms with E-state index in [0.717, 1.165) is 10.1 Å². The Morgan fingerprint density at radius 1 is 0.571 bits per heavy atom. The SMILES string of the molecule is COc1ccc2ccccc2c1C(=O)N[C@@H](Cc1ccc(CS(=O)(=O)O)cc1)C(=O)N[C@@H](CCC(=O)O)C(=O)N[C@@H](CCC(=O)O)C(=O)N[C@@H](Cc1csc2ccccc12)C(=O)N[C@@H](CCCC(=O)O)C(=O)NC(C)(C)C. The number of rotatable bonds is 28. The molecule has 0 aliphatic carbocycles. The first-order valence-electron chi connectivity index (χ1n) is 24.3. The topological polar surface area (TPSA) is 350 Å². The molecule has 412 valence electrons. The highest BCUT2D eigenvalue weighted by Crippen LogP contribution is 2.29. The number of methoxy groups -OCH3 is 1. The smallest absolute Gasteiger partial charge is 0.303 e. The Bertz CT molecular complexity index is 3100. The molecule has 4 aromatic carbocycles. The van der Waals surface area contributed by atoms with Gasteiger partial charge in [0.15, 0.2) is 0 Å². The summed E-state index contributed by atoms with van der Waals surface area (Å²) in [7, 11) is -3.07. The van der Waals surface area contributed by atoms with Crippen LogP contribution in [-0.2, 0) is 67.1 Å². The van der Waals surface area contributed by atoms with Crippen molar-refractivity contribution in [2.75, 3.05) is 7.11 Å². The second-order valence-corrected chi connectivity index (χ2v) is 21.6. The minimum Gasteiger partial charge on any atom is -0.496 e. The molecule has 10 N–H and O–H groups in total. The highest BCUT2D eigenvalue weighted by Gasteiger charge is 2.35. The number of fused-ring (bicyclic) bond motifs is 2. The normalized spacial score (nSPS) is 13.5. The molecule has 0 bridgehead atoms. The zero-order valence-corrected chi connectivity index (χ0v) is 44.3. The molecule has 0 unspecified atom stereocenters. The third-order valence-corrected chi connectivity index (χ3v) is 13.7. The Kier molecular flexibility index (Phi) is 21.2. The molecular formula is C53H62N6O16S2. The van der Waals surface area contributed by atoms with E-state index in [1.54, 1.807) is 74.7 Å². The summed E-state index contributed by atoms with van der Waals surface area (Å²) in [6, 6.07) is 15.2. The molecule has 5 atom stereocenters. The van der Waals surface area contributed by atoms with Gasteiger partial charge in [0.2, 0.25) is 29.5 Å². The largest absolute Gasteiger partial charge is 0.496 e. The van der Waals surface area contributed by atoms with Gasteiger partial charge in [-0.05, 0) is 96.8 Å². The van der Waals surface area contributed by atoms with Crippen molar-refractivity contribution in [2.45, 2.75) is 120 Å². The molecule has 5 rings (SSSR count). The number of thiophene rings is 1. The van der Waals surface area contributed by atoms with Crippen LogP contribution in [0, 0.1) is 0 Å². The summed E-state index contributed by atoms with van der Waals surface area (Å²) >= 11 is 1.35. The van der Waals surface area contributed by atoms with Crippen LogP contribution in [0.15, 0.2) is 90.3 Å². The van der Waals surface area contributed by atoms with Crippen molar-refractivity contribution in [3.63, 3.8) is 0 Å². The molecule has 5 aromatic rings. The Morgan fingerprint density at radius 2 is 1.06 bits per heavy atom. The van der Waals surface area contributed by atoms with E-state index < -0.39 is 131 Å². The second-order valence-electron chi connectivity index (χ2n) is 19.2. The standard InChI is InChI=1S/C53H62N6O16S2/c1-53(2,3)59-51(70)36(13-9-15-43(60)61)54-50(69)40(27-33-28-76-42-14-8-7-11-34(33)42)57-48(67)38(22-25-45(64)65)55-47(66)37(21-24-44(62)63)56-49(68)39(26-30-16-18-31(19-17-30)29-77(72,73)74)58-52(71)46-35-12-6-5-10-32(35)20-23-41(46)75-4/h5-8,10-12,14,16-20,23,28,36-40H,9,13,15,21-22,24-27,29H2,1-4H3,(H,54,69)(H,55,66)(H,56,68)(H,57,67)(H,58,71)(H,59,70)(H,60,61)(H,62,63)(H,64,65)(H,72,73,74)/t36-,37-,38-,39-,40-/m0/s1. The third-order valence-electron chi connectivity index (χ3n) is 12.0. The monoisotopic (exact) mass is 1100 g/mol. The quantitative estimate of drug-likeness (QED) is 0.0318. The number of hydrogen-bond acceptors (Lipinski definition) is 13. The lowest BCUT2D eigenvalue weighted by Gasteiger charge is -2.28. The molecule has 24 heteroatoms. The molecule has 22 nitrogen and oxygen atoms in total. The molecule has 0 saturated carbocycles. The molecule has 1 heterocycles. The highest BCUT2D eigenvalue weighted by atomic mass is 32.2. The Hall–Kier alpha value is -7.96. The number of carbonyl (C=O) groups is 9. The van der Waals surface area contributed by atoms with Gasteiger partial charge in [0.05, 0.1) is 12.7 Å². The summed E-state index contributed by atoms with van der Waals surface area (Å²) < 4.78 is 38.9. The number of carboxylic acids is 3. The van der Waals surface area contributed by atoms with Gasteiger partial charge in [0.1, 0.15) is 41.7 Å². The lowest BCUT2D eigenvalue weighted by molar-refractivity contribution is -0.140. The number of benzene rings is 4. The predicted molar refractivity (Wildman–Crippen MR) is 284 cm³/mol. The van der Waals surface area contributed by atoms with Gasteiger partial charge in [0, 0.05) is 42.3 Å². The summed E-state index contributed by atoms with van der Waals surface area (Å²) in [6.07, 6.45) is -3.48. The van der Waals surface area contributed by atoms with Crippen LogP contribution in [0.2, 0.25) is 0 Å². The average Bonchev–Trinajstić information content (AvgIpc) is 3.77. The zero-order valence-electron chi connectivity index (χ0n) is 42.6. The zero-order chi connectivity index (χ0) is 56.6. The van der Waals surface area contributed by atoms with E-state index in [0.29, 0.717) is 21.9 Å². The van der Waals surface area contributed by atoms with Crippen molar-refractivity contribution in [3.8, 4) is 5.75 Å². The number of amides is 6. The maximum atomic E-state index is 14.5. The Labute approximate surface area is 447 Å². The van der Waals surface area contributed by atoms with Crippen LogP contribution in [0.3, 0.4) is 0 Å². The van der Waals surface area contributed by atoms with Gasteiger partial charge in [-0.1, -0.05) is 72.8 Å². The van der Waals surface area contributed by atoms with E-state index in [1.807, 2.05) is 12.1 Å². The number of nitrogens with one attached hydrogen (secondary N) is 6. The predicted octanol–water partition coefficient (Wildman–Crippen LogP) is 3.87. The van der Waals surface area contributed by atoms with E-state index >= 15 is 0 Å². The van der Waals surface area contributed by atoms with Crippen molar-refractivity contribution in [2.24, 2.45) is 0 Å². The minimum atomic E-state index is -4.41. The van der Waals surface area contributed by atoms with Gasteiger partial charge in [-0.15, -0.1) is 11.3 Å². The van der Waals surface area contributed by atoms with Gasteiger partial charge in [0.25, 0.3) is 16.0 Å². The van der Waals surface area contributed by atoms with E-state index in [4.69, 9.17) is 4.74 Å². The van der Waals surface area contributed by atoms with Crippen LogP contribution in [0.5, 0.6) is 5.75 Å². The fraction of sp³-hybridized carbons (Fsp3) is 0.377. The van der Waals surface area contributed by atoms with Gasteiger partial charge in [-0.2, -0.15) is 8.42 Å². The fourth-order valence-electron chi connectivity index (χ4n) is 8.28. The number of hydrogen-bond donors (Lipinski definition) is 10. The molecule has 0 radical (unpaired) electrons. The number of carbonyl (C=O) groups excluding carboxylic acids is 6. The maximum absolute atomic E-state index is 14.5. The van der Waals surface area contributed by atoms with E-state index in [-0.39, 0.29) is 49.0 Å². The fourth-order valence-corrected chi connectivity index (χ4v) is 9.87. The lowest BCUT2D eigenvalue weighted by Crippen LogP contribution is -2.60. The Balaban J connectivity index is 1.47. The number of carboxylic acid groups (broad SMARTS) is 3. The van der Waals surface area contributed by atoms with Crippen LogP contribution in [0.4, 0.5) is 0 Å². The first-order valence-corrected chi connectivity index (χ1v) is 26.8. The van der Waals surface area contributed by atoms with E-state index in [2.05, 4.69) is 31.9 Å². The van der Waals surface area contributed by atoms with Gasteiger partial charge >= 0.3 is 17.9 Å². The van der Waals surface area contributed by atoms with E-state index in [1.165, 1.54) is 42.7 Å². The molecular weight excluding hydrogens is 1040 g/mol. The summed E-state index contributed by atoms with van der Waals surface area (Å²) in [5.41, 5.74) is 0.434. The lowest BCUT2D eigenvalue weighted by atomic mass is 10.00. The van der Waals surface area contributed by atoms with Gasteiger partial charge < -0.3 is 52.0 Å². The molecule has 0 aliphatic heterocycles. The molecule has 77 heavy (non-hydrogen) atoms. The van der Waals surface area contributed by atoms with Crippen molar-refractivity contribution in [1.29, 1.82) is 0 Å². The third kappa shape index (κ3) is 18.7. The molecule has 0 spiro atoms. The van der Waals surface area contributed by atoms with Crippen molar-refractivity contribution < 1.29 is 76.2 Å². The minimum absolute atomic E-state index is 0.00817. The van der Waals surface area contributed by atoms with Crippen LogP contribution in [-0.4, -0.2) is 124 Å². The van der Waals surface area contributed by atoms with Crippen LogP contribution in [0.25, 0.3) is 20.9 Å². The van der Waals surface area contributed by atoms with Crippen molar-refractivity contribution in [1.82, 2.24) is 31.9 Å². The molecule has 0 fully saturated rings. The Morgan fingerprint density at radius 3 is 1.61 bits per heavy atom. The number of aliphatic carboxylic acids is 3. The summed E-state index contributed by atoms with van der Waals surface area (Å²) in [4.78, 5) is 121. The first kappa shape index (κ1) is 59.9. The van der Waals surface area contributed by atoms with Gasteiger partial charge in [-0.25, -0.2) is 0 Å². The summed E-state index contributed by atoms with van der Waals surface area (Å²) in [5, 5.41) is 48.0. The second kappa shape index (κ2) is 27.2. The molecule has 0 aliphatic rings. The van der Waals surface area contributed by atoms with Crippen molar-refractivity contribution >= 4 is 95.7 Å². The van der Waals surface area contributed by atoms with Crippen LogP contribution < -0.4 is 36.6 Å². The maximum Gasteiger partial charge on any atom is 0.303 e. The molecule has 0 saturated heterocycles. The number of ether oxygens (including phenoxy) is 1. The van der Waals surface area contributed by atoms with E-state index in [9.17, 15) is 71.4 Å². The summed E-state index contributed by atoms with van der Waals surface area (Å²) in [6.45, 7) is 5.11. The molecule has 6 amide bonds. The first-order chi connectivity index (χ1) is 36.3.